The Labute approximate surface area is 133 Å². The molecule has 0 aliphatic rings. The molecule has 1 aromatic carbocycles. The Kier molecular flexibility index (Phi) is 3.80. The summed E-state index contributed by atoms with van der Waals surface area (Å²) in [4.78, 5) is 24.6. The summed E-state index contributed by atoms with van der Waals surface area (Å²) in [6.45, 7) is 1.89. The topological polar surface area (TPSA) is 75.5 Å². The van der Waals surface area contributed by atoms with Crippen molar-refractivity contribution in [2.45, 2.75) is 6.92 Å². The van der Waals surface area contributed by atoms with E-state index >= 15 is 0 Å². The molecule has 6 heteroatoms. The molecule has 0 saturated carbocycles. The van der Waals surface area contributed by atoms with E-state index < -0.39 is 0 Å². The van der Waals surface area contributed by atoms with E-state index in [0.29, 0.717) is 22.3 Å². The minimum Gasteiger partial charge on any atom is -0.355 e. The maximum atomic E-state index is 12.6. The highest BCUT2D eigenvalue weighted by molar-refractivity contribution is 6.11. The number of nitrogens with one attached hydrogen (secondary N) is 2. The number of hydrogen-bond donors (Lipinski definition) is 2. The Morgan fingerprint density at radius 1 is 1.09 bits per heavy atom. The van der Waals surface area contributed by atoms with E-state index in [2.05, 4.69) is 15.7 Å². The molecule has 0 bridgehead atoms. The first kappa shape index (κ1) is 14.8. The molecule has 2 aromatic heterocycles. The Bertz CT molecular complexity index is 898. The van der Waals surface area contributed by atoms with Crippen LogP contribution in [0.5, 0.6) is 0 Å². The number of carbonyl (C=O) groups excluding carboxylic acids is 2. The van der Waals surface area contributed by atoms with Crippen molar-refractivity contribution in [1.82, 2.24) is 14.9 Å². The van der Waals surface area contributed by atoms with E-state index in [4.69, 9.17) is 0 Å². The molecule has 23 heavy (non-hydrogen) atoms. The molecule has 2 heterocycles. The molecule has 0 saturated heterocycles. The number of carbonyl (C=O) groups is 2. The van der Waals surface area contributed by atoms with Gasteiger partial charge in [0.2, 0.25) is 0 Å². The lowest BCUT2D eigenvalue weighted by Gasteiger charge is -2.11. The first-order valence-electron chi connectivity index (χ1n) is 7.16. The Balaban J connectivity index is 1.97. The van der Waals surface area contributed by atoms with Crippen molar-refractivity contribution in [2.24, 2.45) is 0 Å². The molecule has 3 rings (SSSR count). The largest absolute Gasteiger partial charge is 0.355 e. The monoisotopic (exact) mass is 308 g/mol. The molecule has 116 valence electrons. The number of aromatic nitrogens is 2. The third-order valence-electron chi connectivity index (χ3n) is 3.58. The van der Waals surface area contributed by atoms with E-state index in [-0.39, 0.29) is 11.8 Å². The lowest BCUT2D eigenvalue weighted by Crippen LogP contribution is -2.22. The van der Waals surface area contributed by atoms with Crippen LogP contribution in [0.2, 0.25) is 0 Å². The van der Waals surface area contributed by atoms with Gasteiger partial charge in [-0.2, -0.15) is 5.10 Å². The molecule has 0 atom stereocenters. The van der Waals surface area contributed by atoms with Crippen molar-refractivity contribution >= 4 is 23.0 Å². The molecule has 0 radical (unpaired) electrons. The van der Waals surface area contributed by atoms with E-state index in [9.17, 15) is 9.59 Å². The Hall–Kier alpha value is -3.15. The number of anilines is 1. The lowest BCUT2D eigenvalue weighted by molar-refractivity contribution is 0.0964. The van der Waals surface area contributed by atoms with Gasteiger partial charge in [-0.05, 0) is 37.3 Å². The summed E-state index contributed by atoms with van der Waals surface area (Å²) >= 11 is 0. The summed E-state index contributed by atoms with van der Waals surface area (Å²) in [6, 6.07) is 10.6. The van der Waals surface area contributed by atoms with E-state index in [1.165, 1.54) is 0 Å². The molecule has 0 spiro atoms. The van der Waals surface area contributed by atoms with Gasteiger partial charge < -0.3 is 10.6 Å². The normalized spacial score (nSPS) is 10.5. The van der Waals surface area contributed by atoms with Crippen LogP contribution < -0.4 is 10.6 Å². The number of pyridine rings is 1. The summed E-state index contributed by atoms with van der Waals surface area (Å²) in [5.41, 5.74) is 3.05. The zero-order valence-corrected chi connectivity index (χ0v) is 12.8. The van der Waals surface area contributed by atoms with Gasteiger partial charge >= 0.3 is 0 Å². The number of benzene rings is 1. The van der Waals surface area contributed by atoms with Gasteiger partial charge in [0.05, 0.1) is 28.5 Å². The molecule has 0 aliphatic heterocycles. The minimum absolute atomic E-state index is 0.244. The zero-order valence-electron chi connectivity index (χ0n) is 12.8. The second kappa shape index (κ2) is 5.92. The summed E-state index contributed by atoms with van der Waals surface area (Å²) in [6.07, 6.45) is 3.40. The van der Waals surface area contributed by atoms with Gasteiger partial charge in [0, 0.05) is 13.2 Å². The lowest BCUT2D eigenvalue weighted by atomic mass is 10.1. The minimum atomic E-state index is -0.287. The van der Waals surface area contributed by atoms with Gasteiger partial charge in [-0.1, -0.05) is 11.6 Å². The maximum absolute atomic E-state index is 12.6. The van der Waals surface area contributed by atoms with Gasteiger partial charge in [-0.15, -0.1) is 0 Å². The number of nitrogens with zero attached hydrogens (tertiary/aromatic N) is 2. The average molecular weight is 308 g/mol. The standard InChI is InChI=1S/C17H16N4O2/c1-11-5-6-14(13(10-11)16(22)18-2)20-17(23)12-4-3-9-21-15(12)7-8-19-21/h3-10H,1-2H3,(H,18,22)(H,20,23). The quantitative estimate of drug-likeness (QED) is 0.779. The van der Waals surface area contributed by atoms with Crippen LogP contribution in [0.25, 0.3) is 5.52 Å². The van der Waals surface area contributed by atoms with Crippen LogP contribution in [0.3, 0.4) is 0 Å². The highest BCUT2D eigenvalue weighted by atomic mass is 16.2. The van der Waals surface area contributed by atoms with Crippen LogP contribution in [0.4, 0.5) is 5.69 Å². The molecule has 2 amide bonds. The fraction of sp³-hybridized carbons (Fsp3) is 0.118. The van der Waals surface area contributed by atoms with Crippen LogP contribution in [-0.2, 0) is 0 Å². The summed E-state index contributed by atoms with van der Waals surface area (Å²) in [5.74, 6) is -0.531. The van der Waals surface area contributed by atoms with Crippen molar-refractivity contribution < 1.29 is 9.59 Å². The van der Waals surface area contributed by atoms with E-state index in [1.54, 1.807) is 54.3 Å². The molecule has 2 N–H and O–H groups in total. The van der Waals surface area contributed by atoms with Crippen LogP contribution in [0, 0.1) is 6.92 Å². The smallest absolute Gasteiger partial charge is 0.257 e. The third kappa shape index (κ3) is 2.78. The number of fused-ring (bicyclic) bond motifs is 1. The van der Waals surface area contributed by atoms with E-state index in [1.807, 2.05) is 13.0 Å². The highest BCUT2D eigenvalue weighted by Crippen LogP contribution is 2.19. The molecular weight excluding hydrogens is 292 g/mol. The molecule has 6 nitrogen and oxygen atoms in total. The average Bonchev–Trinajstić information content (AvgIpc) is 3.04. The third-order valence-corrected chi connectivity index (χ3v) is 3.58. The summed E-state index contributed by atoms with van der Waals surface area (Å²) in [5, 5.41) is 9.51. The van der Waals surface area contributed by atoms with Gasteiger partial charge in [0.15, 0.2) is 0 Å². The number of hydrogen-bond acceptors (Lipinski definition) is 3. The first-order valence-corrected chi connectivity index (χ1v) is 7.16. The molecule has 0 unspecified atom stereocenters. The van der Waals surface area contributed by atoms with Gasteiger partial charge in [0.1, 0.15) is 0 Å². The van der Waals surface area contributed by atoms with Gasteiger partial charge in [0.25, 0.3) is 11.8 Å². The Morgan fingerprint density at radius 3 is 2.70 bits per heavy atom. The SMILES string of the molecule is CNC(=O)c1cc(C)ccc1NC(=O)c1cccn2nccc12. The second-order valence-electron chi connectivity index (χ2n) is 5.17. The van der Waals surface area contributed by atoms with E-state index in [0.717, 1.165) is 5.56 Å². The van der Waals surface area contributed by atoms with Crippen molar-refractivity contribution in [3.63, 3.8) is 0 Å². The van der Waals surface area contributed by atoms with Crippen LogP contribution in [0.1, 0.15) is 26.3 Å². The predicted molar refractivity (Wildman–Crippen MR) is 87.7 cm³/mol. The van der Waals surface area contributed by atoms with Crippen LogP contribution in [-0.4, -0.2) is 28.5 Å². The number of amides is 2. The molecule has 3 aromatic rings. The van der Waals surface area contributed by atoms with Crippen LogP contribution in [0.15, 0.2) is 48.8 Å². The van der Waals surface area contributed by atoms with Crippen molar-refractivity contribution in [2.75, 3.05) is 12.4 Å². The van der Waals surface area contributed by atoms with Gasteiger partial charge in [-0.3, -0.25) is 9.59 Å². The van der Waals surface area contributed by atoms with Crippen molar-refractivity contribution in [3.05, 3.63) is 65.5 Å². The highest BCUT2D eigenvalue weighted by Gasteiger charge is 2.15. The maximum Gasteiger partial charge on any atom is 0.257 e. The molecule has 0 aliphatic carbocycles. The Morgan fingerprint density at radius 2 is 1.91 bits per heavy atom. The van der Waals surface area contributed by atoms with Crippen molar-refractivity contribution in [3.8, 4) is 0 Å². The number of rotatable bonds is 3. The number of aryl methyl sites for hydroxylation is 1. The molecular formula is C17H16N4O2. The summed E-state index contributed by atoms with van der Waals surface area (Å²) < 4.78 is 1.63. The fourth-order valence-electron chi connectivity index (χ4n) is 2.42. The molecule has 0 fully saturated rings. The van der Waals surface area contributed by atoms with Crippen LogP contribution >= 0.6 is 0 Å². The zero-order chi connectivity index (χ0) is 16.4. The second-order valence-corrected chi connectivity index (χ2v) is 5.17. The predicted octanol–water partition coefficient (Wildman–Crippen LogP) is 2.25. The van der Waals surface area contributed by atoms with Gasteiger partial charge in [-0.25, -0.2) is 4.52 Å². The summed E-state index contributed by atoms with van der Waals surface area (Å²) in [7, 11) is 1.56. The fourth-order valence-corrected chi connectivity index (χ4v) is 2.42. The first-order chi connectivity index (χ1) is 11.1. The van der Waals surface area contributed by atoms with Crippen molar-refractivity contribution in [1.29, 1.82) is 0 Å².